The van der Waals surface area contributed by atoms with Crippen LogP contribution in [0.1, 0.15) is 23.2 Å². The fraction of sp³-hybridized carbons (Fsp3) is 0.400. The van der Waals surface area contributed by atoms with Crippen molar-refractivity contribution in [3.8, 4) is 5.75 Å². The Morgan fingerprint density at radius 3 is 2.63 bits per heavy atom. The van der Waals surface area contributed by atoms with E-state index < -0.39 is 0 Å². The molecule has 1 aromatic heterocycles. The highest BCUT2D eigenvalue weighted by molar-refractivity contribution is 5.94. The number of ether oxygens (including phenoxy) is 2. The predicted octanol–water partition coefficient (Wildman–Crippen LogP) is 2.65. The summed E-state index contributed by atoms with van der Waals surface area (Å²) in [6.07, 6.45) is 3.20. The van der Waals surface area contributed by atoms with Crippen molar-refractivity contribution in [2.24, 2.45) is 0 Å². The van der Waals surface area contributed by atoms with Gasteiger partial charge in [-0.25, -0.2) is 9.37 Å². The lowest BCUT2D eigenvalue weighted by Gasteiger charge is -2.27. The maximum absolute atomic E-state index is 12.8. The molecule has 0 aliphatic carbocycles. The number of amides is 1. The largest absolute Gasteiger partial charge is 0.494 e. The first-order chi connectivity index (χ1) is 13.2. The number of morpholine rings is 1. The van der Waals surface area contributed by atoms with Gasteiger partial charge in [0.1, 0.15) is 17.4 Å². The Labute approximate surface area is 158 Å². The maximum atomic E-state index is 12.8. The van der Waals surface area contributed by atoms with Crippen LogP contribution in [0.4, 0.5) is 10.2 Å². The lowest BCUT2D eigenvalue weighted by Crippen LogP contribution is -2.36. The second kappa shape index (κ2) is 9.87. The Balaban J connectivity index is 1.33. The van der Waals surface area contributed by atoms with Gasteiger partial charge in [-0.3, -0.25) is 4.79 Å². The van der Waals surface area contributed by atoms with Crippen LogP contribution in [0.2, 0.25) is 0 Å². The fourth-order valence-corrected chi connectivity index (χ4v) is 2.75. The predicted molar refractivity (Wildman–Crippen MR) is 101 cm³/mol. The Bertz CT molecular complexity index is 716. The van der Waals surface area contributed by atoms with Crippen LogP contribution in [0.3, 0.4) is 0 Å². The van der Waals surface area contributed by atoms with Gasteiger partial charge in [0.25, 0.3) is 5.91 Å². The first-order valence-corrected chi connectivity index (χ1v) is 9.18. The number of nitrogens with one attached hydrogen (secondary N) is 1. The molecule has 6 nitrogen and oxygen atoms in total. The van der Waals surface area contributed by atoms with E-state index in [1.54, 1.807) is 24.4 Å². The minimum Gasteiger partial charge on any atom is -0.494 e. The van der Waals surface area contributed by atoms with E-state index in [0.717, 1.165) is 31.7 Å². The molecule has 0 radical (unpaired) electrons. The number of nitrogens with zero attached hydrogens (tertiary/aromatic N) is 2. The van der Waals surface area contributed by atoms with Crippen LogP contribution < -0.4 is 15.0 Å². The second-order valence-corrected chi connectivity index (χ2v) is 6.27. The molecular formula is C20H24FN3O3. The minimum atomic E-state index is -0.280. The summed E-state index contributed by atoms with van der Waals surface area (Å²) in [4.78, 5) is 18.7. The van der Waals surface area contributed by atoms with Crippen molar-refractivity contribution in [2.75, 3.05) is 44.4 Å². The average molecular weight is 373 g/mol. The van der Waals surface area contributed by atoms with Crippen molar-refractivity contribution in [2.45, 2.75) is 12.8 Å². The van der Waals surface area contributed by atoms with Crippen molar-refractivity contribution in [3.05, 3.63) is 54.0 Å². The molecule has 2 aromatic rings. The van der Waals surface area contributed by atoms with Crippen LogP contribution in [-0.2, 0) is 4.74 Å². The number of carbonyl (C=O) groups excluding carboxylic acids is 1. The number of pyridine rings is 1. The highest BCUT2D eigenvalue weighted by atomic mass is 19.1. The Morgan fingerprint density at radius 2 is 1.93 bits per heavy atom. The maximum Gasteiger partial charge on any atom is 0.252 e. The number of hydrogen-bond donors (Lipinski definition) is 1. The van der Waals surface area contributed by atoms with Gasteiger partial charge >= 0.3 is 0 Å². The summed E-state index contributed by atoms with van der Waals surface area (Å²) in [6.45, 7) is 4.13. The van der Waals surface area contributed by atoms with Gasteiger partial charge in [-0.1, -0.05) is 0 Å². The SMILES string of the molecule is O=C(NCCCCOc1ccc(F)cc1)c1ccc(N2CCOCC2)nc1. The summed E-state index contributed by atoms with van der Waals surface area (Å²) in [7, 11) is 0. The minimum absolute atomic E-state index is 0.129. The summed E-state index contributed by atoms with van der Waals surface area (Å²) in [5, 5.41) is 2.89. The van der Waals surface area contributed by atoms with Gasteiger partial charge in [-0.05, 0) is 49.2 Å². The van der Waals surface area contributed by atoms with Gasteiger partial charge < -0.3 is 19.7 Å². The van der Waals surface area contributed by atoms with Crippen LogP contribution in [0.15, 0.2) is 42.6 Å². The van der Waals surface area contributed by atoms with E-state index >= 15 is 0 Å². The molecule has 144 valence electrons. The monoisotopic (exact) mass is 373 g/mol. The zero-order chi connectivity index (χ0) is 18.9. The first-order valence-electron chi connectivity index (χ1n) is 9.18. The Hall–Kier alpha value is -2.67. The molecule has 1 aliphatic rings. The van der Waals surface area contributed by atoms with Gasteiger partial charge in [0, 0.05) is 25.8 Å². The molecule has 0 atom stereocenters. The second-order valence-electron chi connectivity index (χ2n) is 6.27. The zero-order valence-corrected chi connectivity index (χ0v) is 15.2. The molecule has 1 amide bonds. The summed E-state index contributed by atoms with van der Waals surface area (Å²) < 4.78 is 23.6. The number of anilines is 1. The number of hydrogen-bond acceptors (Lipinski definition) is 5. The van der Waals surface area contributed by atoms with Crippen molar-refractivity contribution < 1.29 is 18.7 Å². The summed E-state index contributed by atoms with van der Waals surface area (Å²) in [5.74, 6) is 1.10. The summed E-state index contributed by atoms with van der Waals surface area (Å²) in [6, 6.07) is 9.61. The molecule has 3 rings (SSSR count). The molecule has 0 bridgehead atoms. The third-order valence-corrected chi connectivity index (χ3v) is 4.28. The van der Waals surface area contributed by atoms with E-state index in [1.165, 1.54) is 12.1 Å². The normalized spacial score (nSPS) is 14.0. The lowest BCUT2D eigenvalue weighted by molar-refractivity contribution is 0.0952. The van der Waals surface area contributed by atoms with Crippen LogP contribution in [0, 0.1) is 5.82 Å². The quantitative estimate of drug-likeness (QED) is 0.721. The molecule has 0 saturated carbocycles. The van der Waals surface area contributed by atoms with Crippen molar-refractivity contribution >= 4 is 11.7 Å². The molecule has 0 unspecified atom stereocenters. The zero-order valence-electron chi connectivity index (χ0n) is 15.2. The van der Waals surface area contributed by atoms with Crippen molar-refractivity contribution in [1.29, 1.82) is 0 Å². The number of halogens is 1. The van der Waals surface area contributed by atoms with Crippen LogP contribution in [0.25, 0.3) is 0 Å². The van der Waals surface area contributed by atoms with Crippen LogP contribution in [-0.4, -0.2) is 50.3 Å². The van der Waals surface area contributed by atoms with Gasteiger partial charge in [0.2, 0.25) is 0 Å². The van der Waals surface area contributed by atoms with Crippen molar-refractivity contribution in [1.82, 2.24) is 10.3 Å². The highest BCUT2D eigenvalue weighted by Gasteiger charge is 2.13. The average Bonchev–Trinajstić information content (AvgIpc) is 2.72. The molecule has 0 spiro atoms. The van der Waals surface area contributed by atoms with E-state index in [4.69, 9.17) is 9.47 Å². The molecular weight excluding hydrogens is 349 g/mol. The highest BCUT2D eigenvalue weighted by Crippen LogP contribution is 2.13. The first kappa shape index (κ1) is 19.1. The van der Waals surface area contributed by atoms with Crippen molar-refractivity contribution in [3.63, 3.8) is 0 Å². The molecule has 1 saturated heterocycles. The standard InChI is InChI=1S/C20H24FN3O3/c21-17-4-6-18(7-5-17)27-12-2-1-9-22-20(25)16-3-8-19(23-15-16)24-10-13-26-14-11-24/h3-8,15H,1-2,9-14H2,(H,22,25). The lowest BCUT2D eigenvalue weighted by atomic mass is 10.2. The number of carbonyl (C=O) groups is 1. The molecule has 1 aromatic carbocycles. The molecule has 1 aliphatic heterocycles. The molecule has 2 heterocycles. The third-order valence-electron chi connectivity index (χ3n) is 4.28. The van der Waals surface area contributed by atoms with Gasteiger partial charge in [0.15, 0.2) is 0 Å². The van der Waals surface area contributed by atoms with Gasteiger partial charge in [-0.15, -0.1) is 0 Å². The number of aromatic nitrogens is 1. The summed E-state index contributed by atoms with van der Waals surface area (Å²) >= 11 is 0. The number of rotatable bonds is 8. The van der Waals surface area contributed by atoms with Gasteiger partial charge in [0.05, 0.1) is 25.4 Å². The topological polar surface area (TPSA) is 63.7 Å². The van der Waals surface area contributed by atoms with E-state index in [0.29, 0.717) is 37.7 Å². The van der Waals surface area contributed by atoms with E-state index in [9.17, 15) is 9.18 Å². The Kier molecular flexibility index (Phi) is 6.98. The Morgan fingerprint density at radius 1 is 1.15 bits per heavy atom. The molecule has 7 heteroatoms. The number of benzene rings is 1. The van der Waals surface area contributed by atoms with Crippen LogP contribution >= 0.6 is 0 Å². The third kappa shape index (κ3) is 5.92. The molecule has 1 fully saturated rings. The van der Waals surface area contributed by atoms with Crippen LogP contribution in [0.5, 0.6) is 5.75 Å². The van der Waals surface area contributed by atoms with E-state index in [2.05, 4.69) is 15.2 Å². The summed E-state index contributed by atoms with van der Waals surface area (Å²) in [5.41, 5.74) is 0.551. The van der Waals surface area contributed by atoms with E-state index in [1.807, 2.05) is 6.07 Å². The smallest absolute Gasteiger partial charge is 0.252 e. The molecule has 1 N–H and O–H groups in total. The number of unbranched alkanes of at least 4 members (excludes halogenated alkanes) is 1. The fourth-order valence-electron chi connectivity index (χ4n) is 2.75. The molecule has 27 heavy (non-hydrogen) atoms. The van der Waals surface area contributed by atoms with E-state index in [-0.39, 0.29) is 11.7 Å². The van der Waals surface area contributed by atoms with Gasteiger partial charge in [-0.2, -0.15) is 0 Å².